The van der Waals surface area contributed by atoms with Crippen molar-refractivity contribution in [3.8, 4) is 0 Å². The van der Waals surface area contributed by atoms with Gasteiger partial charge in [-0.2, -0.15) is 0 Å². The highest BCUT2D eigenvalue weighted by molar-refractivity contribution is 5.65. The fraction of sp³-hybridized carbons (Fsp3) is 0.923. The van der Waals surface area contributed by atoms with Crippen LogP contribution in [0.25, 0.3) is 0 Å². The molecule has 6 N–H and O–H groups in total. The van der Waals surface area contributed by atoms with Gasteiger partial charge < -0.3 is 41.0 Å². The van der Waals surface area contributed by atoms with E-state index in [4.69, 9.17) is 0 Å². The minimum Gasteiger partial charge on any atom is -0.550 e. The number of unbranched alkanes of at least 4 members (excludes halogenated alkanes) is 3. The van der Waals surface area contributed by atoms with Gasteiger partial charge in [0, 0.05) is 31.4 Å². The summed E-state index contributed by atoms with van der Waals surface area (Å²) in [7, 11) is 2.02. The summed E-state index contributed by atoms with van der Waals surface area (Å²) in [6, 6.07) is 0.938. The van der Waals surface area contributed by atoms with E-state index in [1.807, 2.05) is 20.2 Å². The molecule has 0 aromatic rings. The Hall–Kier alpha value is -1.10. The minimum absolute atomic E-state index is 0.130. The highest BCUT2D eigenvalue weighted by Crippen LogP contribution is 2.23. The van der Waals surface area contributed by atoms with Crippen LogP contribution in [-0.4, -0.2) is 92.1 Å². The van der Waals surface area contributed by atoms with E-state index in [9.17, 15) is 20.1 Å². The summed E-state index contributed by atoms with van der Waals surface area (Å²) in [5.41, 5.74) is -1.22. The Morgan fingerprint density at radius 2 is 2.09 bits per heavy atom. The van der Waals surface area contributed by atoms with Crippen molar-refractivity contribution in [2.45, 2.75) is 108 Å². The van der Waals surface area contributed by atoms with Gasteiger partial charge in [0.1, 0.15) is 12.6 Å². The molecule has 9 nitrogen and oxygen atoms in total. The zero-order valence-corrected chi connectivity index (χ0v) is 22.2. The Kier molecular flexibility index (Phi) is 13.7. The van der Waals surface area contributed by atoms with E-state index < -0.39 is 11.6 Å². The van der Waals surface area contributed by atoms with E-state index in [0.29, 0.717) is 37.5 Å². The number of carboxylic acid groups (broad SMARTS) is 1. The number of quaternary nitrogens is 1. The first-order chi connectivity index (χ1) is 16.8. The number of aliphatic hydroxyl groups excluding tert-OH is 1. The third-order valence-electron chi connectivity index (χ3n) is 7.90. The molecule has 35 heavy (non-hydrogen) atoms. The second-order valence-electron chi connectivity index (χ2n) is 10.9. The number of rotatable bonds is 18. The molecule has 0 amide bonds. The summed E-state index contributed by atoms with van der Waals surface area (Å²) >= 11 is 0. The molecule has 0 spiro atoms. The third kappa shape index (κ3) is 10.8. The number of aliphatic imine (C=N–C) groups is 1. The second-order valence-corrected chi connectivity index (χ2v) is 10.9. The van der Waals surface area contributed by atoms with Crippen LogP contribution in [0.2, 0.25) is 0 Å². The molecule has 1 saturated heterocycles. The molecule has 0 radical (unpaired) electrons. The van der Waals surface area contributed by atoms with E-state index in [-0.39, 0.29) is 18.6 Å². The molecule has 0 saturated carbocycles. The van der Waals surface area contributed by atoms with Crippen molar-refractivity contribution in [1.82, 2.24) is 16.0 Å². The van der Waals surface area contributed by atoms with Crippen LogP contribution in [0.15, 0.2) is 4.99 Å². The van der Waals surface area contributed by atoms with Crippen molar-refractivity contribution < 1.29 is 25.0 Å². The Morgan fingerprint density at radius 1 is 1.31 bits per heavy atom. The summed E-state index contributed by atoms with van der Waals surface area (Å²) < 4.78 is 0. The van der Waals surface area contributed by atoms with Gasteiger partial charge in [-0.25, -0.2) is 4.99 Å². The Bertz CT molecular complexity index is 629. The van der Waals surface area contributed by atoms with Gasteiger partial charge in [0.25, 0.3) is 0 Å². The summed E-state index contributed by atoms with van der Waals surface area (Å²) in [6.07, 6.45) is 10.2. The van der Waals surface area contributed by atoms with Gasteiger partial charge in [0.2, 0.25) is 0 Å². The number of nitrogens with zero attached hydrogens (tertiary/aromatic N) is 1. The highest BCUT2D eigenvalue weighted by atomic mass is 16.4. The summed E-state index contributed by atoms with van der Waals surface area (Å²) in [6.45, 7) is 7.79. The van der Waals surface area contributed by atoms with E-state index in [0.717, 1.165) is 71.1 Å². The predicted octanol–water partition coefficient (Wildman–Crippen LogP) is -1.17. The molecule has 1 fully saturated rings. The molecule has 7 atom stereocenters. The van der Waals surface area contributed by atoms with Gasteiger partial charge in [-0.1, -0.05) is 32.6 Å². The van der Waals surface area contributed by atoms with Gasteiger partial charge in [0.05, 0.1) is 24.0 Å². The second kappa shape index (κ2) is 15.9. The fourth-order valence-corrected chi connectivity index (χ4v) is 5.78. The molecule has 1 unspecified atom stereocenters. The van der Waals surface area contributed by atoms with Crippen LogP contribution >= 0.6 is 0 Å². The standard InChI is InChI=1S/C26H51N5O4/c1-4-28-18-26(35,16-25(33)34)12-8-6-5-7-9-21(17-27-3)10-11-22-23(31-14-13-29-19-31)15-24(32)20(2)30-22/h13,20-24,27-28,30,32,35H,4-12,14-19H2,1-3H3,(H,33,34)/t20-,21+,22+,23-,24+,26+/m0/s1. The number of carbonyl (C=O) groups excluding carboxylic acids is 1. The van der Waals surface area contributed by atoms with Crippen LogP contribution < -0.4 is 26.0 Å². The molecule has 204 valence electrons. The normalized spacial score (nSPS) is 29.2. The van der Waals surface area contributed by atoms with Gasteiger partial charge in [-0.3, -0.25) is 0 Å². The van der Waals surface area contributed by atoms with Crippen molar-refractivity contribution in [3.63, 3.8) is 0 Å². The number of aliphatic carboxylic acids is 1. The molecule has 0 aromatic carbocycles. The topological polar surface area (TPSA) is 133 Å². The van der Waals surface area contributed by atoms with Gasteiger partial charge in [-0.05, 0) is 58.7 Å². The van der Waals surface area contributed by atoms with Gasteiger partial charge in [0.15, 0.2) is 6.67 Å². The fourth-order valence-electron chi connectivity index (χ4n) is 5.78. The smallest absolute Gasteiger partial charge is 0.171 e. The first kappa shape index (κ1) is 30.1. The van der Waals surface area contributed by atoms with Crippen molar-refractivity contribution >= 4 is 12.2 Å². The Labute approximate surface area is 212 Å². The summed E-state index contributed by atoms with van der Waals surface area (Å²) in [5, 5.41) is 42.2. The van der Waals surface area contributed by atoms with Crippen LogP contribution in [0.5, 0.6) is 0 Å². The monoisotopic (exact) mass is 497 g/mol. The largest absolute Gasteiger partial charge is 0.550 e. The lowest BCUT2D eigenvalue weighted by molar-refractivity contribution is -0.914. The van der Waals surface area contributed by atoms with Crippen molar-refractivity contribution in [1.29, 1.82) is 0 Å². The molecule has 0 aliphatic carbocycles. The van der Waals surface area contributed by atoms with E-state index in [2.05, 4.69) is 27.9 Å². The molecule has 2 heterocycles. The van der Waals surface area contributed by atoms with Crippen molar-refractivity contribution in [3.05, 3.63) is 0 Å². The average molecular weight is 498 g/mol. The zero-order chi connectivity index (χ0) is 25.7. The lowest BCUT2D eigenvalue weighted by Crippen LogP contribution is -3.16. The van der Waals surface area contributed by atoms with Crippen LogP contribution in [0.3, 0.4) is 0 Å². The van der Waals surface area contributed by atoms with E-state index in [1.165, 1.54) is 4.90 Å². The number of likely N-dealkylation sites (N-methyl/N-ethyl adjacent to an activating group) is 1. The summed E-state index contributed by atoms with van der Waals surface area (Å²) in [4.78, 5) is 16.9. The zero-order valence-electron chi connectivity index (χ0n) is 22.2. The molecule has 0 aromatic heterocycles. The van der Waals surface area contributed by atoms with Crippen LogP contribution in [0.1, 0.15) is 78.1 Å². The first-order valence-electron chi connectivity index (χ1n) is 13.8. The SMILES string of the molecule is CCNC[C@@](O)(CCCCCC[C@H](CC[C@H]1N[C@@H](C)[C@H](O)C[C@@H]1[NH+]1CC=NC1)CNC)CC(=O)[O-]. The quantitative estimate of drug-likeness (QED) is 0.131. The van der Waals surface area contributed by atoms with Gasteiger partial charge in [-0.15, -0.1) is 0 Å². The van der Waals surface area contributed by atoms with Crippen LogP contribution in [0.4, 0.5) is 0 Å². The molecule has 0 bridgehead atoms. The Morgan fingerprint density at radius 3 is 2.74 bits per heavy atom. The molecule has 2 aliphatic heterocycles. The number of hydrogen-bond acceptors (Lipinski definition) is 8. The van der Waals surface area contributed by atoms with Crippen LogP contribution in [0, 0.1) is 5.92 Å². The van der Waals surface area contributed by atoms with Crippen LogP contribution in [-0.2, 0) is 4.79 Å². The maximum Gasteiger partial charge on any atom is 0.171 e. The molecular weight excluding hydrogens is 446 g/mol. The lowest BCUT2D eigenvalue weighted by Gasteiger charge is -2.41. The molecule has 9 heteroatoms. The number of piperidine rings is 1. The molecule has 2 rings (SSSR count). The molecule has 2 aliphatic rings. The summed E-state index contributed by atoms with van der Waals surface area (Å²) in [5.74, 6) is -0.587. The number of hydrogen-bond donors (Lipinski definition) is 6. The first-order valence-corrected chi connectivity index (χ1v) is 13.8. The Balaban J connectivity index is 1.73. The maximum absolute atomic E-state index is 11.0. The van der Waals surface area contributed by atoms with E-state index in [1.54, 1.807) is 0 Å². The highest BCUT2D eigenvalue weighted by Gasteiger charge is 2.40. The third-order valence-corrected chi connectivity index (χ3v) is 7.90. The number of carbonyl (C=O) groups is 1. The van der Waals surface area contributed by atoms with Crippen molar-refractivity contribution in [2.24, 2.45) is 10.9 Å². The minimum atomic E-state index is -1.22. The number of carboxylic acids is 1. The van der Waals surface area contributed by atoms with Crippen molar-refractivity contribution in [2.75, 3.05) is 39.9 Å². The van der Waals surface area contributed by atoms with Gasteiger partial charge >= 0.3 is 0 Å². The molecular formula is C26H51N5O4. The maximum atomic E-state index is 11.0. The number of aliphatic hydroxyl groups is 2. The predicted molar refractivity (Wildman–Crippen MR) is 137 cm³/mol. The average Bonchev–Trinajstić information content (AvgIpc) is 3.34. The van der Waals surface area contributed by atoms with E-state index >= 15 is 0 Å². The lowest BCUT2D eigenvalue weighted by atomic mass is 9.85. The number of nitrogens with one attached hydrogen (secondary N) is 4.